The number of carbonyl (C=O) groups is 2. The Balaban J connectivity index is 1.58. The largest absolute Gasteiger partial charge is 0.452 e. The van der Waals surface area contributed by atoms with E-state index < -0.39 is 40.1 Å². The van der Waals surface area contributed by atoms with E-state index in [0.717, 1.165) is 37.5 Å². The molecule has 1 amide bonds. The summed E-state index contributed by atoms with van der Waals surface area (Å²) in [6.07, 6.45) is 2.62. The van der Waals surface area contributed by atoms with Gasteiger partial charge >= 0.3 is 5.97 Å². The van der Waals surface area contributed by atoms with E-state index in [0.29, 0.717) is 13.1 Å². The molecule has 160 valence electrons. The second kappa shape index (κ2) is 9.31. The molecule has 0 unspecified atom stereocenters. The second-order valence-electron chi connectivity index (χ2n) is 6.74. The van der Waals surface area contributed by atoms with Crippen molar-refractivity contribution in [3.63, 3.8) is 0 Å². The van der Waals surface area contributed by atoms with Gasteiger partial charge in [0.15, 0.2) is 6.61 Å². The Morgan fingerprint density at radius 3 is 2.33 bits per heavy atom. The van der Waals surface area contributed by atoms with Crippen LogP contribution in [0.2, 0.25) is 0 Å². The number of hydrogen-bond donors (Lipinski definition) is 1. The maximum atomic E-state index is 13.5. The van der Waals surface area contributed by atoms with Crippen LogP contribution in [0, 0.1) is 11.6 Å². The van der Waals surface area contributed by atoms with Gasteiger partial charge < -0.3 is 10.1 Å². The highest BCUT2D eigenvalue weighted by atomic mass is 32.2. The monoisotopic (exact) mass is 438 g/mol. The van der Waals surface area contributed by atoms with Gasteiger partial charge in [0, 0.05) is 19.2 Å². The van der Waals surface area contributed by atoms with Crippen LogP contribution in [-0.2, 0) is 19.6 Å². The Kier molecular flexibility index (Phi) is 6.78. The summed E-state index contributed by atoms with van der Waals surface area (Å²) in [5, 5.41) is 2.11. The molecule has 30 heavy (non-hydrogen) atoms. The predicted molar refractivity (Wildman–Crippen MR) is 104 cm³/mol. The van der Waals surface area contributed by atoms with Gasteiger partial charge in [-0.05, 0) is 49.2 Å². The first-order chi connectivity index (χ1) is 14.3. The summed E-state index contributed by atoms with van der Waals surface area (Å²) in [6.45, 7) is 0.211. The number of esters is 1. The van der Waals surface area contributed by atoms with Gasteiger partial charge in [0.2, 0.25) is 10.0 Å². The molecule has 1 N–H and O–H groups in total. The first kappa shape index (κ1) is 21.8. The zero-order valence-corrected chi connectivity index (χ0v) is 16.8. The molecular formula is C20H20F2N2O5S. The molecule has 0 bridgehead atoms. The molecule has 1 aliphatic heterocycles. The van der Waals surface area contributed by atoms with Crippen molar-refractivity contribution in [3.8, 4) is 0 Å². The first-order valence-electron chi connectivity index (χ1n) is 9.29. The third-order valence-corrected chi connectivity index (χ3v) is 6.49. The number of nitrogens with zero attached hydrogens (tertiary/aromatic N) is 1. The highest BCUT2D eigenvalue weighted by Crippen LogP contribution is 2.21. The standard InChI is InChI=1S/C20H20F2N2O5S/c21-15-6-9-17(22)18(12-15)23-19(25)13-29-20(26)14-4-7-16(8-5-14)30(27,28)24-10-2-1-3-11-24/h4-9,12H,1-3,10-11,13H2,(H,23,25). The first-order valence-corrected chi connectivity index (χ1v) is 10.7. The van der Waals surface area contributed by atoms with Gasteiger partial charge in [-0.15, -0.1) is 0 Å². The molecule has 7 nitrogen and oxygen atoms in total. The number of benzene rings is 2. The fourth-order valence-electron chi connectivity index (χ4n) is 3.01. The lowest BCUT2D eigenvalue weighted by atomic mass is 10.2. The average Bonchev–Trinajstić information content (AvgIpc) is 2.75. The van der Waals surface area contributed by atoms with Gasteiger partial charge in [-0.2, -0.15) is 4.31 Å². The van der Waals surface area contributed by atoms with Gasteiger partial charge in [0.25, 0.3) is 5.91 Å². The fourth-order valence-corrected chi connectivity index (χ4v) is 4.53. The highest BCUT2D eigenvalue weighted by molar-refractivity contribution is 7.89. The van der Waals surface area contributed by atoms with E-state index >= 15 is 0 Å². The van der Waals surface area contributed by atoms with Crippen molar-refractivity contribution in [1.29, 1.82) is 0 Å². The molecule has 0 radical (unpaired) electrons. The van der Waals surface area contributed by atoms with Gasteiger partial charge in [0.1, 0.15) is 11.6 Å². The Morgan fingerprint density at radius 1 is 1.00 bits per heavy atom. The van der Waals surface area contributed by atoms with Crippen LogP contribution in [0.1, 0.15) is 29.6 Å². The van der Waals surface area contributed by atoms with E-state index in [9.17, 15) is 26.8 Å². The molecule has 0 aliphatic carbocycles. The molecule has 1 saturated heterocycles. The Bertz CT molecular complexity index is 1040. The minimum absolute atomic E-state index is 0.0531. The highest BCUT2D eigenvalue weighted by Gasteiger charge is 2.26. The Morgan fingerprint density at radius 2 is 1.67 bits per heavy atom. The molecule has 0 spiro atoms. The number of anilines is 1. The van der Waals surface area contributed by atoms with Crippen molar-refractivity contribution in [1.82, 2.24) is 4.31 Å². The van der Waals surface area contributed by atoms with Gasteiger partial charge in [-0.25, -0.2) is 22.0 Å². The van der Waals surface area contributed by atoms with Crippen molar-refractivity contribution in [3.05, 3.63) is 59.7 Å². The van der Waals surface area contributed by atoms with Crippen molar-refractivity contribution in [2.75, 3.05) is 25.0 Å². The number of ether oxygens (including phenoxy) is 1. The predicted octanol–water partition coefficient (Wildman–Crippen LogP) is 2.93. The molecule has 2 aromatic carbocycles. The van der Waals surface area contributed by atoms with E-state index in [1.165, 1.54) is 28.6 Å². The van der Waals surface area contributed by atoms with Crippen molar-refractivity contribution >= 4 is 27.6 Å². The van der Waals surface area contributed by atoms with Crippen LogP contribution in [0.25, 0.3) is 0 Å². The Hall–Kier alpha value is -2.85. The van der Waals surface area contributed by atoms with Crippen LogP contribution in [-0.4, -0.2) is 44.3 Å². The minimum atomic E-state index is -3.62. The molecule has 2 aromatic rings. The van der Waals surface area contributed by atoms with E-state index in [2.05, 4.69) is 5.32 Å². The zero-order valence-electron chi connectivity index (χ0n) is 15.9. The number of carbonyl (C=O) groups excluding carboxylic acids is 2. The molecular weight excluding hydrogens is 418 g/mol. The van der Waals surface area contributed by atoms with Crippen LogP contribution in [0.4, 0.5) is 14.5 Å². The summed E-state index contributed by atoms with van der Waals surface area (Å²) in [5.41, 5.74) is -0.319. The number of amides is 1. The Labute approximate surface area is 172 Å². The number of hydrogen-bond acceptors (Lipinski definition) is 5. The van der Waals surface area contributed by atoms with Crippen molar-refractivity contribution in [2.24, 2.45) is 0 Å². The maximum absolute atomic E-state index is 13.5. The number of sulfonamides is 1. The summed E-state index contributed by atoms with van der Waals surface area (Å²) < 4.78 is 58.1. The van der Waals surface area contributed by atoms with E-state index in [4.69, 9.17) is 4.74 Å². The third kappa shape index (κ3) is 5.19. The van der Waals surface area contributed by atoms with E-state index in [-0.39, 0.29) is 16.1 Å². The molecule has 1 heterocycles. The summed E-state index contributed by atoms with van der Waals surface area (Å²) >= 11 is 0. The van der Waals surface area contributed by atoms with Crippen molar-refractivity contribution in [2.45, 2.75) is 24.2 Å². The molecule has 3 rings (SSSR count). The van der Waals surface area contributed by atoms with E-state index in [1.54, 1.807) is 0 Å². The molecule has 1 aliphatic rings. The van der Waals surface area contributed by atoms with Crippen LogP contribution < -0.4 is 5.32 Å². The maximum Gasteiger partial charge on any atom is 0.338 e. The molecule has 1 fully saturated rings. The number of nitrogens with one attached hydrogen (secondary N) is 1. The van der Waals surface area contributed by atoms with Crippen LogP contribution >= 0.6 is 0 Å². The third-order valence-electron chi connectivity index (χ3n) is 4.58. The lowest BCUT2D eigenvalue weighted by molar-refractivity contribution is -0.119. The summed E-state index contributed by atoms with van der Waals surface area (Å²) in [7, 11) is -3.62. The summed E-state index contributed by atoms with van der Waals surface area (Å²) in [4.78, 5) is 24.0. The van der Waals surface area contributed by atoms with Gasteiger partial charge in [0.05, 0.1) is 16.1 Å². The van der Waals surface area contributed by atoms with Gasteiger partial charge in [-0.3, -0.25) is 4.79 Å². The minimum Gasteiger partial charge on any atom is -0.452 e. The molecule has 0 saturated carbocycles. The van der Waals surface area contributed by atoms with Crippen LogP contribution in [0.15, 0.2) is 47.4 Å². The van der Waals surface area contributed by atoms with Crippen LogP contribution in [0.3, 0.4) is 0 Å². The fraction of sp³-hybridized carbons (Fsp3) is 0.300. The van der Waals surface area contributed by atoms with E-state index in [1.807, 2.05) is 0 Å². The lowest BCUT2D eigenvalue weighted by Crippen LogP contribution is -2.35. The van der Waals surface area contributed by atoms with Crippen LogP contribution in [0.5, 0.6) is 0 Å². The average molecular weight is 438 g/mol. The normalized spacial score (nSPS) is 14.9. The lowest BCUT2D eigenvalue weighted by Gasteiger charge is -2.25. The molecule has 0 atom stereocenters. The summed E-state index contributed by atoms with van der Waals surface area (Å²) in [5.74, 6) is -3.27. The van der Waals surface area contributed by atoms with Crippen molar-refractivity contribution < 1.29 is 31.5 Å². The number of halogens is 2. The SMILES string of the molecule is O=C(COC(=O)c1ccc(S(=O)(=O)N2CCCCC2)cc1)Nc1cc(F)ccc1F. The smallest absolute Gasteiger partial charge is 0.338 e. The number of piperidine rings is 1. The zero-order chi connectivity index (χ0) is 21.7. The topological polar surface area (TPSA) is 92.8 Å². The number of rotatable bonds is 6. The quantitative estimate of drug-likeness (QED) is 0.700. The van der Waals surface area contributed by atoms with Gasteiger partial charge in [-0.1, -0.05) is 6.42 Å². The second-order valence-corrected chi connectivity index (χ2v) is 8.68. The molecule has 10 heteroatoms. The summed E-state index contributed by atoms with van der Waals surface area (Å²) in [6, 6.07) is 7.77. The molecule has 0 aromatic heterocycles.